The molecule has 5 nitrogen and oxygen atoms in total. The number of halogens is 1. The molecule has 0 aliphatic carbocycles. The Kier molecular flexibility index (Phi) is 4.26. The van der Waals surface area contributed by atoms with Gasteiger partial charge in [0.25, 0.3) is 5.56 Å². The molecule has 3 rings (SSSR count). The van der Waals surface area contributed by atoms with Gasteiger partial charge >= 0.3 is 5.97 Å². The van der Waals surface area contributed by atoms with E-state index < -0.39 is 11.5 Å². The molecule has 0 saturated carbocycles. The van der Waals surface area contributed by atoms with Crippen LogP contribution in [0.2, 0.25) is 5.02 Å². The molecule has 1 N–H and O–H groups in total. The normalized spacial score (nSPS) is 11.5. The highest BCUT2D eigenvalue weighted by atomic mass is 35.5. The van der Waals surface area contributed by atoms with E-state index in [2.05, 4.69) is 4.98 Å². The lowest BCUT2D eigenvalue weighted by atomic mass is 10.1. The topological polar surface area (TPSA) is 71.7 Å². The molecule has 0 fully saturated rings. The van der Waals surface area contributed by atoms with Crippen molar-refractivity contribution < 1.29 is 9.90 Å². The predicted molar refractivity (Wildman–Crippen MR) is 96.2 cm³/mol. The standard InChI is InChI=1S/C17H13ClN2O3S/c1-9-5-3-4-6-11(9)7-8-12-13(18)15(21)20-10(2)14(16(22)23)24-17(20)19-12/h3-8H,1-2H3,(H,22,23). The number of rotatable bonds is 3. The number of thiazole rings is 1. The smallest absolute Gasteiger partial charge is 0.347 e. The Bertz CT molecular complexity index is 1050. The molecule has 2 aromatic heterocycles. The summed E-state index contributed by atoms with van der Waals surface area (Å²) in [5, 5.41) is 9.17. The molecule has 0 radical (unpaired) electrons. The average molecular weight is 361 g/mol. The Morgan fingerprint density at radius 3 is 2.67 bits per heavy atom. The lowest BCUT2D eigenvalue weighted by Gasteiger charge is -2.02. The summed E-state index contributed by atoms with van der Waals surface area (Å²) in [7, 11) is 0. The van der Waals surface area contributed by atoms with E-state index in [9.17, 15) is 14.7 Å². The molecule has 0 saturated heterocycles. The molecule has 0 aliphatic rings. The fourth-order valence-electron chi connectivity index (χ4n) is 2.38. The number of carboxylic acid groups (broad SMARTS) is 1. The first-order chi connectivity index (χ1) is 11.4. The Labute approximate surface area is 146 Å². The Balaban J connectivity index is 2.16. The number of hydrogen-bond donors (Lipinski definition) is 1. The van der Waals surface area contributed by atoms with Gasteiger partial charge in [-0.1, -0.05) is 53.3 Å². The number of hydrogen-bond acceptors (Lipinski definition) is 4. The summed E-state index contributed by atoms with van der Waals surface area (Å²) in [5.41, 5.74) is 2.26. The first-order valence-electron chi connectivity index (χ1n) is 7.09. The van der Waals surface area contributed by atoms with Crippen LogP contribution in [0, 0.1) is 13.8 Å². The van der Waals surface area contributed by atoms with Gasteiger partial charge in [0.05, 0.1) is 11.4 Å². The number of fused-ring (bicyclic) bond motifs is 1. The van der Waals surface area contributed by atoms with Gasteiger partial charge in [-0.25, -0.2) is 9.78 Å². The van der Waals surface area contributed by atoms with Crippen molar-refractivity contribution >= 4 is 46.0 Å². The molecular weight excluding hydrogens is 348 g/mol. The van der Waals surface area contributed by atoms with E-state index in [1.807, 2.05) is 37.3 Å². The van der Waals surface area contributed by atoms with Gasteiger partial charge in [-0.15, -0.1) is 0 Å². The fraction of sp³-hybridized carbons (Fsp3) is 0.118. The highest BCUT2D eigenvalue weighted by Crippen LogP contribution is 2.23. The quantitative estimate of drug-likeness (QED) is 0.769. The first kappa shape index (κ1) is 16.4. The van der Waals surface area contributed by atoms with E-state index in [1.54, 1.807) is 13.0 Å². The van der Waals surface area contributed by atoms with Crippen LogP contribution in [0.25, 0.3) is 17.1 Å². The molecule has 1 aromatic carbocycles. The Hall–Kier alpha value is -2.44. The summed E-state index contributed by atoms with van der Waals surface area (Å²) in [4.78, 5) is 28.4. The van der Waals surface area contributed by atoms with Gasteiger partial charge in [-0.3, -0.25) is 9.20 Å². The van der Waals surface area contributed by atoms with Crippen LogP contribution in [-0.4, -0.2) is 20.5 Å². The summed E-state index contributed by atoms with van der Waals surface area (Å²) in [6, 6.07) is 7.79. The molecule has 0 aliphatic heterocycles. The van der Waals surface area contributed by atoms with E-state index >= 15 is 0 Å². The molecule has 122 valence electrons. The molecular formula is C17H13ClN2O3S. The van der Waals surface area contributed by atoms with Gasteiger partial charge in [-0.05, 0) is 31.1 Å². The number of benzene rings is 1. The molecule has 0 unspecified atom stereocenters. The van der Waals surface area contributed by atoms with Gasteiger partial charge in [0.1, 0.15) is 9.90 Å². The predicted octanol–water partition coefficient (Wildman–Crippen LogP) is 3.89. The molecule has 0 amide bonds. The van der Waals surface area contributed by atoms with E-state index in [-0.39, 0.29) is 9.90 Å². The third-order valence-electron chi connectivity index (χ3n) is 3.68. The monoisotopic (exact) mass is 360 g/mol. The third kappa shape index (κ3) is 2.74. The second-order valence-corrected chi connectivity index (χ2v) is 6.60. The fourth-order valence-corrected chi connectivity index (χ4v) is 3.53. The maximum Gasteiger partial charge on any atom is 0.347 e. The Morgan fingerprint density at radius 2 is 2.00 bits per heavy atom. The van der Waals surface area contributed by atoms with Gasteiger partial charge in [0.2, 0.25) is 0 Å². The number of aromatic carboxylic acids is 1. The lowest BCUT2D eigenvalue weighted by molar-refractivity contribution is 0.0701. The molecule has 0 bridgehead atoms. The molecule has 0 spiro atoms. The number of aromatic nitrogens is 2. The van der Waals surface area contributed by atoms with Crippen LogP contribution in [0.5, 0.6) is 0 Å². The number of nitrogens with zero attached hydrogens (tertiary/aromatic N) is 2. The maximum atomic E-state index is 12.5. The van der Waals surface area contributed by atoms with Crippen molar-refractivity contribution in [1.29, 1.82) is 0 Å². The lowest BCUT2D eigenvalue weighted by Crippen LogP contribution is -2.17. The Morgan fingerprint density at radius 1 is 1.29 bits per heavy atom. The second kappa shape index (κ2) is 6.22. The minimum Gasteiger partial charge on any atom is -0.477 e. The summed E-state index contributed by atoms with van der Waals surface area (Å²) in [6.07, 6.45) is 3.50. The molecule has 24 heavy (non-hydrogen) atoms. The van der Waals surface area contributed by atoms with Crippen molar-refractivity contribution in [1.82, 2.24) is 9.38 Å². The maximum absolute atomic E-state index is 12.5. The van der Waals surface area contributed by atoms with Crippen LogP contribution >= 0.6 is 22.9 Å². The number of carboxylic acids is 1. The largest absolute Gasteiger partial charge is 0.477 e. The van der Waals surface area contributed by atoms with Crippen LogP contribution in [-0.2, 0) is 0 Å². The van der Waals surface area contributed by atoms with Crippen molar-refractivity contribution in [3.63, 3.8) is 0 Å². The summed E-state index contributed by atoms with van der Waals surface area (Å²) < 4.78 is 1.24. The highest BCUT2D eigenvalue weighted by molar-refractivity contribution is 7.18. The van der Waals surface area contributed by atoms with Crippen molar-refractivity contribution in [2.75, 3.05) is 0 Å². The van der Waals surface area contributed by atoms with E-state index in [4.69, 9.17) is 11.6 Å². The van der Waals surface area contributed by atoms with Crippen LogP contribution in [0.1, 0.15) is 32.2 Å². The van der Waals surface area contributed by atoms with E-state index in [0.717, 1.165) is 22.5 Å². The van der Waals surface area contributed by atoms with Gasteiger partial charge in [0, 0.05) is 0 Å². The van der Waals surface area contributed by atoms with Gasteiger partial charge in [0.15, 0.2) is 4.96 Å². The SMILES string of the molecule is Cc1ccccc1C=Cc1nc2sc(C(=O)O)c(C)n2c(=O)c1Cl. The number of aryl methyl sites for hydroxylation is 2. The van der Waals surface area contributed by atoms with Crippen molar-refractivity contribution in [3.05, 3.63) is 67.0 Å². The summed E-state index contributed by atoms with van der Waals surface area (Å²) in [6.45, 7) is 3.55. The van der Waals surface area contributed by atoms with Crippen LogP contribution in [0.3, 0.4) is 0 Å². The van der Waals surface area contributed by atoms with Gasteiger partial charge < -0.3 is 5.11 Å². The van der Waals surface area contributed by atoms with Crippen molar-refractivity contribution in [2.45, 2.75) is 13.8 Å². The zero-order valence-corrected chi connectivity index (χ0v) is 14.5. The average Bonchev–Trinajstić information content (AvgIpc) is 2.88. The van der Waals surface area contributed by atoms with Crippen LogP contribution < -0.4 is 5.56 Å². The molecule has 0 atom stereocenters. The molecule has 3 aromatic rings. The minimum absolute atomic E-state index is 0.0322. The minimum atomic E-state index is -1.09. The van der Waals surface area contributed by atoms with Crippen LogP contribution in [0.15, 0.2) is 29.1 Å². The van der Waals surface area contributed by atoms with E-state index in [1.165, 1.54) is 4.40 Å². The number of carbonyl (C=O) groups is 1. The van der Waals surface area contributed by atoms with E-state index in [0.29, 0.717) is 16.3 Å². The third-order valence-corrected chi connectivity index (χ3v) is 5.17. The molecule has 2 heterocycles. The highest BCUT2D eigenvalue weighted by Gasteiger charge is 2.19. The zero-order chi connectivity index (χ0) is 17.4. The van der Waals surface area contributed by atoms with Crippen molar-refractivity contribution in [2.24, 2.45) is 0 Å². The zero-order valence-electron chi connectivity index (χ0n) is 12.9. The van der Waals surface area contributed by atoms with Crippen LogP contribution in [0.4, 0.5) is 0 Å². The van der Waals surface area contributed by atoms with Crippen molar-refractivity contribution in [3.8, 4) is 0 Å². The van der Waals surface area contributed by atoms with Gasteiger partial charge in [-0.2, -0.15) is 0 Å². The first-order valence-corrected chi connectivity index (χ1v) is 8.28. The summed E-state index contributed by atoms with van der Waals surface area (Å²) in [5.74, 6) is -1.09. The second-order valence-electron chi connectivity index (χ2n) is 5.25. The summed E-state index contributed by atoms with van der Waals surface area (Å²) >= 11 is 7.10. The molecule has 7 heteroatoms.